The molecule has 0 unspecified atom stereocenters. The Bertz CT molecular complexity index is 1130. The fourth-order valence-electron chi connectivity index (χ4n) is 2.58. The number of anilines is 3. The first-order valence-corrected chi connectivity index (χ1v) is 8.92. The normalized spacial score (nSPS) is 10.7. The second-order valence-electron chi connectivity index (χ2n) is 5.83. The maximum atomic E-state index is 6.22. The van der Waals surface area contributed by atoms with Gasteiger partial charge in [-0.25, -0.2) is 9.97 Å². The lowest BCUT2D eigenvalue weighted by Crippen LogP contribution is -2.04. The first-order chi connectivity index (χ1) is 13.1. The van der Waals surface area contributed by atoms with E-state index in [2.05, 4.69) is 41.2 Å². The van der Waals surface area contributed by atoms with Crippen LogP contribution in [-0.2, 0) is 0 Å². The molecular weight excluding hydrogens is 408 g/mol. The van der Waals surface area contributed by atoms with Crippen LogP contribution >= 0.6 is 15.9 Å². The van der Waals surface area contributed by atoms with Crippen molar-refractivity contribution >= 4 is 44.2 Å². The van der Waals surface area contributed by atoms with Crippen LogP contribution in [-0.4, -0.2) is 19.9 Å². The Hall–Kier alpha value is -3.26. The number of benzene rings is 1. The van der Waals surface area contributed by atoms with E-state index < -0.39 is 0 Å². The summed E-state index contributed by atoms with van der Waals surface area (Å²) in [5, 5.41) is 4.03. The number of hydrogen-bond acceptors (Lipinski definition) is 7. The van der Waals surface area contributed by atoms with Crippen LogP contribution in [0.25, 0.3) is 10.9 Å². The fraction of sp³-hybridized carbons (Fsp3) is 0.0526. The lowest BCUT2D eigenvalue weighted by atomic mass is 10.2. The number of hydrogen-bond donors (Lipinski definition) is 2. The first-order valence-electron chi connectivity index (χ1n) is 8.13. The number of halogens is 1. The van der Waals surface area contributed by atoms with Crippen molar-refractivity contribution < 1.29 is 4.74 Å². The molecule has 0 aliphatic carbocycles. The number of rotatable bonds is 4. The van der Waals surface area contributed by atoms with Crippen molar-refractivity contribution in [2.45, 2.75) is 6.92 Å². The van der Waals surface area contributed by atoms with Gasteiger partial charge in [0, 0.05) is 22.3 Å². The molecule has 0 saturated carbocycles. The Morgan fingerprint density at radius 2 is 1.93 bits per heavy atom. The molecule has 3 heterocycles. The highest BCUT2D eigenvalue weighted by molar-refractivity contribution is 9.10. The molecule has 27 heavy (non-hydrogen) atoms. The number of aryl methyl sites for hydroxylation is 1. The van der Waals surface area contributed by atoms with Gasteiger partial charge >= 0.3 is 0 Å². The smallest absolute Gasteiger partial charge is 0.248 e. The highest BCUT2D eigenvalue weighted by Gasteiger charge is 2.14. The number of pyridine rings is 2. The van der Waals surface area contributed by atoms with Crippen LogP contribution in [0.15, 0.2) is 59.6 Å². The Morgan fingerprint density at radius 1 is 1.04 bits per heavy atom. The highest BCUT2D eigenvalue weighted by atomic mass is 79.9. The molecule has 3 aromatic heterocycles. The molecule has 0 spiro atoms. The van der Waals surface area contributed by atoms with Gasteiger partial charge in [-0.3, -0.25) is 4.98 Å². The number of aromatic nitrogens is 4. The summed E-state index contributed by atoms with van der Waals surface area (Å²) in [6, 6.07) is 11.3. The van der Waals surface area contributed by atoms with E-state index >= 15 is 0 Å². The average Bonchev–Trinajstić information content (AvgIpc) is 2.67. The SMILES string of the molecule is Cc1ccnc(Nc2ncnc(Oc3ccc(Br)c4cccnc34)c2N)c1. The van der Waals surface area contributed by atoms with Gasteiger partial charge in [0.15, 0.2) is 11.6 Å². The van der Waals surface area contributed by atoms with Crippen LogP contribution in [0.3, 0.4) is 0 Å². The number of nitrogens with one attached hydrogen (secondary N) is 1. The van der Waals surface area contributed by atoms with E-state index in [9.17, 15) is 0 Å². The van der Waals surface area contributed by atoms with Gasteiger partial charge in [0.25, 0.3) is 0 Å². The minimum atomic E-state index is 0.245. The minimum absolute atomic E-state index is 0.245. The van der Waals surface area contributed by atoms with Gasteiger partial charge < -0.3 is 15.8 Å². The van der Waals surface area contributed by atoms with Crippen molar-refractivity contribution in [2.75, 3.05) is 11.1 Å². The third kappa shape index (κ3) is 3.52. The molecule has 1 aromatic carbocycles. The maximum absolute atomic E-state index is 6.22. The zero-order valence-electron chi connectivity index (χ0n) is 14.3. The molecule has 0 aliphatic heterocycles. The second-order valence-corrected chi connectivity index (χ2v) is 6.69. The first kappa shape index (κ1) is 17.2. The van der Waals surface area contributed by atoms with Crippen molar-refractivity contribution in [2.24, 2.45) is 0 Å². The molecule has 0 radical (unpaired) electrons. The number of ether oxygens (including phenoxy) is 1. The summed E-state index contributed by atoms with van der Waals surface area (Å²) in [5.74, 6) is 1.86. The second kappa shape index (κ2) is 7.16. The average molecular weight is 423 g/mol. The molecule has 0 amide bonds. The number of nitrogens with zero attached hydrogens (tertiary/aromatic N) is 4. The van der Waals surface area contributed by atoms with Gasteiger partial charge in [-0.15, -0.1) is 0 Å². The number of fused-ring (bicyclic) bond motifs is 1. The van der Waals surface area contributed by atoms with E-state index in [1.165, 1.54) is 6.33 Å². The third-order valence-corrected chi connectivity index (χ3v) is 4.59. The standard InChI is InChI=1S/C19H15BrN6O/c1-11-6-8-22-15(9-11)26-18-16(21)19(25-10-24-18)27-14-5-4-13(20)12-3-2-7-23-17(12)14/h2-10H,21H2,1H3,(H,22,24,25,26). The third-order valence-electron chi connectivity index (χ3n) is 3.90. The Kier molecular flexibility index (Phi) is 4.55. The molecule has 7 nitrogen and oxygen atoms in total. The molecule has 0 atom stereocenters. The van der Waals surface area contributed by atoms with Gasteiger partial charge in [-0.1, -0.05) is 22.0 Å². The predicted molar refractivity (Wildman–Crippen MR) is 108 cm³/mol. The quantitative estimate of drug-likeness (QED) is 0.495. The van der Waals surface area contributed by atoms with Gasteiger partial charge in [-0.05, 0) is 42.8 Å². The Morgan fingerprint density at radius 3 is 2.78 bits per heavy atom. The molecule has 0 bridgehead atoms. The van der Waals surface area contributed by atoms with Crippen LogP contribution < -0.4 is 15.8 Å². The van der Waals surface area contributed by atoms with Crippen molar-refractivity contribution in [1.29, 1.82) is 0 Å². The molecule has 3 N–H and O–H groups in total. The minimum Gasteiger partial charge on any atom is -0.435 e. The summed E-state index contributed by atoms with van der Waals surface area (Å²) >= 11 is 3.52. The topological polar surface area (TPSA) is 98.8 Å². The van der Waals surface area contributed by atoms with Gasteiger partial charge in [-0.2, -0.15) is 4.98 Å². The fourth-order valence-corrected chi connectivity index (χ4v) is 3.04. The monoisotopic (exact) mass is 422 g/mol. The summed E-state index contributed by atoms with van der Waals surface area (Å²) in [4.78, 5) is 17.0. The Labute approximate surface area is 163 Å². The van der Waals surface area contributed by atoms with Crippen molar-refractivity contribution in [3.05, 3.63) is 65.2 Å². The van der Waals surface area contributed by atoms with Crippen molar-refractivity contribution in [1.82, 2.24) is 19.9 Å². The highest BCUT2D eigenvalue weighted by Crippen LogP contribution is 2.35. The molecule has 134 valence electrons. The Balaban J connectivity index is 1.69. The van der Waals surface area contributed by atoms with E-state index in [1.807, 2.05) is 43.3 Å². The zero-order valence-corrected chi connectivity index (χ0v) is 15.9. The summed E-state index contributed by atoms with van der Waals surface area (Å²) in [6.45, 7) is 1.98. The van der Waals surface area contributed by atoms with E-state index in [-0.39, 0.29) is 11.6 Å². The predicted octanol–water partition coefficient (Wildman–Crippen LogP) is 4.61. The van der Waals surface area contributed by atoms with Crippen molar-refractivity contribution in [3.63, 3.8) is 0 Å². The summed E-state index contributed by atoms with van der Waals surface area (Å²) < 4.78 is 6.89. The largest absolute Gasteiger partial charge is 0.435 e. The lowest BCUT2D eigenvalue weighted by Gasteiger charge is -2.13. The van der Waals surface area contributed by atoms with Crippen molar-refractivity contribution in [3.8, 4) is 11.6 Å². The van der Waals surface area contributed by atoms with Crippen LogP contribution in [0.4, 0.5) is 17.3 Å². The molecular formula is C19H15BrN6O. The van der Waals surface area contributed by atoms with Gasteiger partial charge in [0.2, 0.25) is 5.88 Å². The van der Waals surface area contributed by atoms with Crippen LogP contribution in [0.1, 0.15) is 5.56 Å². The molecule has 0 fully saturated rings. The van der Waals surface area contributed by atoms with Crippen LogP contribution in [0.5, 0.6) is 11.6 Å². The van der Waals surface area contributed by atoms with Gasteiger partial charge in [0.1, 0.15) is 23.3 Å². The van der Waals surface area contributed by atoms with E-state index in [4.69, 9.17) is 10.5 Å². The molecule has 4 rings (SSSR count). The number of nitrogen functional groups attached to an aromatic ring is 1. The summed E-state index contributed by atoms with van der Waals surface area (Å²) in [5.41, 5.74) is 8.29. The van der Waals surface area contributed by atoms with E-state index in [0.717, 1.165) is 15.4 Å². The van der Waals surface area contributed by atoms with E-state index in [1.54, 1.807) is 12.4 Å². The summed E-state index contributed by atoms with van der Waals surface area (Å²) in [7, 11) is 0. The van der Waals surface area contributed by atoms with E-state index in [0.29, 0.717) is 22.9 Å². The van der Waals surface area contributed by atoms with Crippen LogP contribution in [0, 0.1) is 6.92 Å². The maximum Gasteiger partial charge on any atom is 0.248 e. The zero-order chi connectivity index (χ0) is 18.8. The molecule has 0 aliphatic rings. The van der Waals surface area contributed by atoms with Gasteiger partial charge in [0.05, 0.1) is 0 Å². The lowest BCUT2D eigenvalue weighted by molar-refractivity contribution is 0.469. The molecule has 0 saturated heterocycles. The summed E-state index contributed by atoms with van der Waals surface area (Å²) in [6.07, 6.45) is 4.81. The van der Waals surface area contributed by atoms with Crippen LogP contribution in [0.2, 0.25) is 0 Å². The molecule has 4 aromatic rings. The number of nitrogens with two attached hydrogens (primary N) is 1. The molecule has 8 heteroatoms.